The number of halogens is 1. The Balaban J connectivity index is 2.12. The summed E-state index contributed by atoms with van der Waals surface area (Å²) in [5.41, 5.74) is 1.87. The van der Waals surface area contributed by atoms with Gasteiger partial charge < -0.3 is 0 Å². The van der Waals surface area contributed by atoms with Gasteiger partial charge in [0.1, 0.15) is 5.82 Å². The Hall–Kier alpha value is -2.56. The van der Waals surface area contributed by atoms with Crippen molar-refractivity contribution in [3.63, 3.8) is 0 Å². The summed E-state index contributed by atoms with van der Waals surface area (Å²) in [6.07, 6.45) is 2.97. The summed E-state index contributed by atoms with van der Waals surface area (Å²) in [5, 5.41) is 0. The van der Waals surface area contributed by atoms with Crippen molar-refractivity contribution in [3.8, 4) is 0 Å². The Labute approximate surface area is 114 Å². The van der Waals surface area contributed by atoms with Crippen molar-refractivity contribution in [1.82, 2.24) is 14.5 Å². The standard InChI is InChI=1S/C15H12FN3O/c1-10-4-2-5-12(16)11(10)8-19-9-18-13-6-3-7-17-14(13)15(19)20/h2-7,9H,8H2,1H3. The third-order valence-corrected chi connectivity index (χ3v) is 3.27. The molecule has 0 saturated heterocycles. The summed E-state index contributed by atoms with van der Waals surface area (Å²) < 4.78 is 15.2. The molecule has 0 saturated carbocycles. The first-order valence-corrected chi connectivity index (χ1v) is 6.21. The molecule has 0 amide bonds. The predicted octanol–water partition coefficient (Wildman–Crippen LogP) is 2.29. The second-order valence-corrected chi connectivity index (χ2v) is 4.58. The molecule has 3 aromatic rings. The molecule has 0 unspecified atom stereocenters. The Morgan fingerprint density at radius 1 is 1.20 bits per heavy atom. The third-order valence-electron chi connectivity index (χ3n) is 3.27. The number of hydrogen-bond acceptors (Lipinski definition) is 3. The van der Waals surface area contributed by atoms with Crippen molar-refractivity contribution in [2.75, 3.05) is 0 Å². The van der Waals surface area contributed by atoms with E-state index in [1.54, 1.807) is 24.4 Å². The Bertz CT molecular complexity index is 822. The van der Waals surface area contributed by atoms with Crippen LogP contribution in [-0.4, -0.2) is 14.5 Å². The van der Waals surface area contributed by atoms with Crippen LogP contribution in [0.2, 0.25) is 0 Å². The van der Waals surface area contributed by atoms with Crippen molar-refractivity contribution in [2.24, 2.45) is 0 Å². The first-order chi connectivity index (χ1) is 9.66. The van der Waals surface area contributed by atoms with Crippen LogP contribution >= 0.6 is 0 Å². The minimum absolute atomic E-state index is 0.150. The van der Waals surface area contributed by atoms with Gasteiger partial charge in [-0.3, -0.25) is 9.36 Å². The van der Waals surface area contributed by atoms with Gasteiger partial charge >= 0.3 is 0 Å². The molecule has 4 nitrogen and oxygen atoms in total. The summed E-state index contributed by atoms with van der Waals surface area (Å²) in [6, 6.07) is 8.30. The lowest BCUT2D eigenvalue weighted by molar-refractivity contribution is 0.592. The van der Waals surface area contributed by atoms with Gasteiger partial charge in [-0.15, -0.1) is 0 Å². The number of benzene rings is 1. The molecule has 0 bridgehead atoms. The molecule has 0 atom stereocenters. The third kappa shape index (κ3) is 2.07. The van der Waals surface area contributed by atoms with Crippen LogP contribution in [0, 0.1) is 12.7 Å². The molecule has 0 spiro atoms. The largest absolute Gasteiger partial charge is 0.293 e. The zero-order valence-electron chi connectivity index (χ0n) is 10.9. The second kappa shape index (κ2) is 4.85. The number of aromatic nitrogens is 3. The lowest BCUT2D eigenvalue weighted by Crippen LogP contribution is -2.22. The van der Waals surface area contributed by atoms with Crippen LogP contribution in [0.5, 0.6) is 0 Å². The van der Waals surface area contributed by atoms with Gasteiger partial charge in [0, 0.05) is 11.8 Å². The van der Waals surface area contributed by atoms with Gasteiger partial charge in [0.2, 0.25) is 0 Å². The molecule has 0 aliphatic heterocycles. The number of aryl methyl sites for hydroxylation is 1. The highest BCUT2D eigenvalue weighted by molar-refractivity contribution is 5.71. The first kappa shape index (κ1) is 12.5. The lowest BCUT2D eigenvalue weighted by Gasteiger charge is -2.09. The van der Waals surface area contributed by atoms with E-state index in [9.17, 15) is 9.18 Å². The summed E-state index contributed by atoms with van der Waals surface area (Å²) in [7, 11) is 0. The Morgan fingerprint density at radius 2 is 2.05 bits per heavy atom. The van der Waals surface area contributed by atoms with E-state index in [4.69, 9.17) is 0 Å². The Kier molecular flexibility index (Phi) is 3.02. The molecule has 2 aromatic heterocycles. The summed E-state index contributed by atoms with van der Waals surface area (Å²) in [4.78, 5) is 20.5. The fourth-order valence-electron chi connectivity index (χ4n) is 2.14. The highest BCUT2D eigenvalue weighted by atomic mass is 19.1. The maximum Gasteiger partial charge on any atom is 0.280 e. The monoisotopic (exact) mass is 269 g/mol. The van der Waals surface area contributed by atoms with E-state index in [0.29, 0.717) is 16.6 Å². The van der Waals surface area contributed by atoms with E-state index in [2.05, 4.69) is 9.97 Å². The number of hydrogen-bond donors (Lipinski definition) is 0. The second-order valence-electron chi connectivity index (χ2n) is 4.58. The summed E-state index contributed by atoms with van der Waals surface area (Å²) >= 11 is 0. The maximum atomic E-state index is 13.8. The van der Waals surface area contributed by atoms with Gasteiger partial charge in [-0.25, -0.2) is 14.4 Å². The molecule has 3 rings (SSSR count). The number of pyridine rings is 1. The molecular formula is C15H12FN3O. The minimum Gasteiger partial charge on any atom is -0.293 e. The van der Waals surface area contributed by atoms with Crippen molar-refractivity contribution in [2.45, 2.75) is 13.5 Å². The van der Waals surface area contributed by atoms with Crippen LogP contribution in [0.15, 0.2) is 47.7 Å². The molecule has 0 radical (unpaired) electrons. The number of nitrogens with zero attached hydrogens (tertiary/aromatic N) is 3. The number of rotatable bonds is 2. The van der Waals surface area contributed by atoms with Crippen molar-refractivity contribution in [1.29, 1.82) is 0 Å². The van der Waals surface area contributed by atoms with Crippen LogP contribution < -0.4 is 5.56 Å². The molecule has 5 heteroatoms. The van der Waals surface area contributed by atoms with Gasteiger partial charge in [0.25, 0.3) is 5.56 Å². The molecule has 0 N–H and O–H groups in total. The van der Waals surface area contributed by atoms with Gasteiger partial charge in [-0.2, -0.15) is 0 Å². The molecule has 0 fully saturated rings. The van der Waals surface area contributed by atoms with Crippen LogP contribution in [-0.2, 0) is 6.54 Å². The fourth-order valence-corrected chi connectivity index (χ4v) is 2.14. The molecule has 100 valence electrons. The van der Waals surface area contributed by atoms with Crippen LogP contribution in [0.25, 0.3) is 11.0 Å². The van der Waals surface area contributed by atoms with Gasteiger partial charge in [-0.1, -0.05) is 12.1 Å². The van der Waals surface area contributed by atoms with E-state index < -0.39 is 0 Å². The summed E-state index contributed by atoms with van der Waals surface area (Å²) in [5.74, 6) is -0.321. The molecule has 0 aliphatic carbocycles. The van der Waals surface area contributed by atoms with Crippen LogP contribution in [0.3, 0.4) is 0 Å². The molecule has 0 aliphatic rings. The van der Waals surface area contributed by atoms with Crippen LogP contribution in [0.4, 0.5) is 4.39 Å². The zero-order chi connectivity index (χ0) is 14.1. The highest BCUT2D eigenvalue weighted by Crippen LogP contribution is 2.13. The Morgan fingerprint density at radius 3 is 2.85 bits per heavy atom. The summed E-state index contributed by atoms with van der Waals surface area (Å²) in [6.45, 7) is 1.97. The normalized spacial score (nSPS) is 10.9. The minimum atomic E-state index is -0.321. The topological polar surface area (TPSA) is 47.8 Å². The first-order valence-electron chi connectivity index (χ1n) is 6.21. The smallest absolute Gasteiger partial charge is 0.280 e. The average Bonchev–Trinajstić information content (AvgIpc) is 2.45. The average molecular weight is 269 g/mol. The van der Waals surface area contributed by atoms with Gasteiger partial charge in [0.15, 0.2) is 5.52 Å². The van der Waals surface area contributed by atoms with Gasteiger partial charge in [0.05, 0.1) is 18.4 Å². The molecular weight excluding hydrogens is 257 g/mol. The molecule has 20 heavy (non-hydrogen) atoms. The van der Waals surface area contributed by atoms with Gasteiger partial charge in [-0.05, 0) is 30.7 Å². The van der Waals surface area contributed by atoms with E-state index >= 15 is 0 Å². The van der Waals surface area contributed by atoms with E-state index in [-0.39, 0.29) is 17.9 Å². The van der Waals surface area contributed by atoms with E-state index in [0.717, 1.165) is 5.56 Å². The zero-order valence-corrected chi connectivity index (χ0v) is 10.9. The van der Waals surface area contributed by atoms with E-state index in [1.165, 1.54) is 17.0 Å². The van der Waals surface area contributed by atoms with Crippen molar-refractivity contribution in [3.05, 3.63) is 70.2 Å². The number of fused-ring (bicyclic) bond motifs is 1. The lowest BCUT2D eigenvalue weighted by atomic mass is 10.1. The van der Waals surface area contributed by atoms with Crippen LogP contribution in [0.1, 0.15) is 11.1 Å². The highest BCUT2D eigenvalue weighted by Gasteiger charge is 2.09. The molecule has 1 aromatic carbocycles. The van der Waals surface area contributed by atoms with Crippen molar-refractivity contribution < 1.29 is 4.39 Å². The fraction of sp³-hybridized carbons (Fsp3) is 0.133. The van der Waals surface area contributed by atoms with E-state index in [1.807, 2.05) is 13.0 Å². The van der Waals surface area contributed by atoms with Crippen molar-refractivity contribution >= 4 is 11.0 Å². The molecule has 2 heterocycles. The SMILES string of the molecule is Cc1cccc(F)c1Cn1cnc2cccnc2c1=O. The predicted molar refractivity (Wildman–Crippen MR) is 74.0 cm³/mol. The maximum absolute atomic E-state index is 13.8. The quantitative estimate of drug-likeness (QED) is 0.717.